The summed E-state index contributed by atoms with van der Waals surface area (Å²) in [4.78, 5) is 24.9. The molecule has 1 spiro atoms. The zero-order valence-electron chi connectivity index (χ0n) is 15.3. The Kier molecular flexibility index (Phi) is 5.25. The van der Waals surface area contributed by atoms with Crippen molar-refractivity contribution in [1.82, 2.24) is 25.1 Å². The van der Waals surface area contributed by atoms with Gasteiger partial charge in [0.15, 0.2) is 0 Å². The first kappa shape index (κ1) is 17.4. The first-order chi connectivity index (χ1) is 11.5. The molecule has 2 N–H and O–H groups in total. The number of amides is 1. The number of aromatic amines is 1. The number of H-pyrrole nitrogens is 1. The van der Waals surface area contributed by atoms with Crippen LogP contribution in [0.15, 0.2) is 6.33 Å². The van der Waals surface area contributed by atoms with Gasteiger partial charge in [-0.05, 0) is 39.9 Å². The summed E-state index contributed by atoms with van der Waals surface area (Å²) in [5, 5.41) is 3.71. The lowest BCUT2D eigenvalue weighted by molar-refractivity contribution is -0.133. The van der Waals surface area contributed by atoms with Gasteiger partial charge >= 0.3 is 0 Å². The number of likely N-dealkylation sites (N-methyl/N-ethyl adjacent to an activating group) is 1. The van der Waals surface area contributed by atoms with Gasteiger partial charge in [0, 0.05) is 25.7 Å². The number of carbonyl (C=O) groups excluding carboxylic acids is 1. The second-order valence-electron chi connectivity index (χ2n) is 7.69. The maximum atomic E-state index is 12.9. The van der Waals surface area contributed by atoms with Crippen molar-refractivity contribution in [2.75, 3.05) is 34.2 Å². The van der Waals surface area contributed by atoms with Gasteiger partial charge in [-0.2, -0.15) is 0 Å². The molecule has 1 amide bonds. The molecule has 3 rings (SSSR count). The van der Waals surface area contributed by atoms with Gasteiger partial charge in [-0.3, -0.25) is 10.1 Å². The SMILES string of the molecule is CN(C)CCCN(C)C(=O)C1Cc2[nH]cnc2C2(CCCCC2)N1. The van der Waals surface area contributed by atoms with Crippen LogP contribution in [0.5, 0.6) is 0 Å². The first-order valence-electron chi connectivity index (χ1n) is 9.22. The number of nitrogens with one attached hydrogen (secondary N) is 2. The summed E-state index contributed by atoms with van der Waals surface area (Å²) in [5.74, 6) is 0.207. The van der Waals surface area contributed by atoms with Gasteiger partial charge in [-0.25, -0.2) is 4.98 Å². The Labute approximate surface area is 145 Å². The van der Waals surface area contributed by atoms with Crippen LogP contribution in [0.1, 0.15) is 49.9 Å². The van der Waals surface area contributed by atoms with Crippen molar-refractivity contribution in [2.24, 2.45) is 0 Å². The van der Waals surface area contributed by atoms with Crippen LogP contribution in [0.25, 0.3) is 0 Å². The molecule has 134 valence electrons. The van der Waals surface area contributed by atoms with E-state index < -0.39 is 0 Å². The Balaban J connectivity index is 1.70. The lowest BCUT2D eigenvalue weighted by atomic mass is 9.75. The summed E-state index contributed by atoms with van der Waals surface area (Å²) in [6.45, 7) is 1.81. The molecule has 1 aliphatic carbocycles. The third kappa shape index (κ3) is 3.49. The second kappa shape index (κ2) is 7.23. The molecule has 0 saturated heterocycles. The summed E-state index contributed by atoms with van der Waals surface area (Å²) in [7, 11) is 6.06. The van der Waals surface area contributed by atoms with Gasteiger partial charge < -0.3 is 14.8 Å². The number of aromatic nitrogens is 2. The number of fused-ring (bicyclic) bond motifs is 2. The van der Waals surface area contributed by atoms with E-state index in [2.05, 4.69) is 34.3 Å². The number of rotatable bonds is 5. The molecule has 1 fully saturated rings. The van der Waals surface area contributed by atoms with Gasteiger partial charge in [-0.15, -0.1) is 0 Å². The monoisotopic (exact) mass is 333 g/mol. The van der Waals surface area contributed by atoms with Gasteiger partial charge in [-0.1, -0.05) is 19.3 Å². The highest BCUT2D eigenvalue weighted by Crippen LogP contribution is 2.40. The minimum Gasteiger partial charge on any atom is -0.348 e. The summed E-state index contributed by atoms with van der Waals surface area (Å²) >= 11 is 0. The molecule has 2 aliphatic rings. The van der Waals surface area contributed by atoms with E-state index in [1.165, 1.54) is 19.3 Å². The van der Waals surface area contributed by atoms with Crippen LogP contribution in [-0.2, 0) is 16.8 Å². The summed E-state index contributed by atoms with van der Waals surface area (Å²) in [6, 6.07) is -0.139. The zero-order chi connectivity index (χ0) is 17.2. The van der Waals surface area contributed by atoms with E-state index in [1.807, 2.05) is 11.9 Å². The maximum Gasteiger partial charge on any atom is 0.239 e. The van der Waals surface area contributed by atoms with Crippen molar-refractivity contribution < 1.29 is 4.79 Å². The molecule has 6 nitrogen and oxygen atoms in total. The van der Waals surface area contributed by atoms with Gasteiger partial charge in [0.05, 0.1) is 23.6 Å². The van der Waals surface area contributed by atoms with Gasteiger partial charge in [0.1, 0.15) is 0 Å². The molecule has 6 heteroatoms. The number of hydrogen-bond acceptors (Lipinski definition) is 4. The molecule has 1 atom stereocenters. The summed E-state index contributed by atoms with van der Waals surface area (Å²) in [6.07, 6.45) is 9.37. The fraction of sp³-hybridized carbons (Fsp3) is 0.778. The minimum absolute atomic E-state index is 0.101. The Morgan fingerprint density at radius 1 is 1.25 bits per heavy atom. The van der Waals surface area contributed by atoms with Crippen LogP contribution in [0.4, 0.5) is 0 Å². The van der Waals surface area contributed by atoms with Crippen LogP contribution in [-0.4, -0.2) is 65.9 Å². The second-order valence-corrected chi connectivity index (χ2v) is 7.69. The molecule has 2 heterocycles. The van der Waals surface area contributed by atoms with Crippen molar-refractivity contribution in [2.45, 2.75) is 56.5 Å². The van der Waals surface area contributed by atoms with E-state index in [0.717, 1.165) is 43.7 Å². The van der Waals surface area contributed by atoms with Crippen LogP contribution in [0.2, 0.25) is 0 Å². The molecule has 24 heavy (non-hydrogen) atoms. The van der Waals surface area contributed by atoms with Crippen molar-refractivity contribution in [1.29, 1.82) is 0 Å². The molecule has 0 radical (unpaired) electrons. The Morgan fingerprint density at radius 2 is 2.00 bits per heavy atom. The topological polar surface area (TPSA) is 64.3 Å². The number of imidazole rings is 1. The van der Waals surface area contributed by atoms with Crippen LogP contribution >= 0.6 is 0 Å². The van der Waals surface area contributed by atoms with Crippen molar-refractivity contribution in [3.8, 4) is 0 Å². The van der Waals surface area contributed by atoms with Crippen LogP contribution in [0, 0.1) is 0 Å². The van der Waals surface area contributed by atoms with Gasteiger partial charge in [0.25, 0.3) is 0 Å². The standard InChI is InChI=1S/C18H31N5O/c1-22(2)10-7-11-23(3)17(24)15-12-14-16(20-13-19-14)18(21-15)8-5-4-6-9-18/h13,15,21H,4-12H2,1-3H3,(H,19,20). The highest BCUT2D eigenvalue weighted by Gasteiger charge is 2.44. The predicted octanol–water partition coefficient (Wildman–Crippen LogP) is 1.49. The fourth-order valence-corrected chi connectivity index (χ4v) is 4.23. The summed E-state index contributed by atoms with van der Waals surface area (Å²) < 4.78 is 0. The van der Waals surface area contributed by atoms with Crippen molar-refractivity contribution in [3.63, 3.8) is 0 Å². The zero-order valence-corrected chi connectivity index (χ0v) is 15.3. The smallest absolute Gasteiger partial charge is 0.239 e. The van der Waals surface area contributed by atoms with E-state index in [0.29, 0.717) is 6.42 Å². The first-order valence-corrected chi connectivity index (χ1v) is 9.22. The highest BCUT2D eigenvalue weighted by atomic mass is 16.2. The van der Waals surface area contributed by atoms with E-state index in [-0.39, 0.29) is 17.5 Å². The fourth-order valence-electron chi connectivity index (χ4n) is 4.23. The Hall–Kier alpha value is -1.40. The summed E-state index contributed by atoms with van der Waals surface area (Å²) in [5.41, 5.74) is 2.20. The molecular weight excluding hydrogens is 302 g/mol. The van der Waals surface area contributed by atoms with E-state index in [4.69, 9.17) is 0 Å². The Bertz CT molecular complexity index is 562. The van der Waals surface area contributed by atoms with Gasteiger partial charge in [0.2, 0.25) is 5.91 Å². The maximum absolute atomic E-state index is 12.9. The van der Waals surface area contributed by atoms with Crippen molar-refractivity contribution in [3.05, 3.63) is 17.7 Å². The molecule has 0 bridgehead atoms. The molecule has 1 saturated carbocycles. The molecule has 0 aromatic carbocycles. The molecule has 1 unspecified atom stereocenters. The van der Waals surface area contributed by atoms with E-state index in [9.17, 15) is 4.79 Å². The predicted molar refractivity (Wildman–Crippen MR) is 94.8 cm³/mol. The average molecular weight is 333 g/mol. The molecular formula is C18H31N5O. The van der Waals surface area contributed by atoms with E-state index in [1.54, 1.807) is 6.33 Å². The van der Waals surface area contributed by atoms with Crippen LogP contribution < -0.4 is 5.32 Å². The third-order valence-electron chi connectivity index (χ3n) is 5.51. The number of carbonyl (C=O) groups is 1. The number of hydrogen-bond donors (Lipinski definition) is 2. The normalized spacial score (nSPS) is 22.6. The van der Waals surface area contributed by atoms with Crippen LogP contribution in [0.3, 0.4) is 0 Å². The third-order valence-corrected chi connectivity index (χ3v) is 5.51. The Morgan fingerprint density at radius 3 is 2.71 bits per heavy atom. The van der Waals surface area contributed by atoms with E-state index >= 15 is 0 Å². The molecule has 1 aliphatic heterocycles. The lowest BCUT2D eigenvalue weighted by Crippen LogP contribution is -2.59. The average Bonchev–Trinajstić information content (AvgIpc) is 3.04. The largest absolute Gasteiger partial charge is 0.348 e. The molecule has 1 aromatic heterocycles. The number of nitrogens with zero attached hydrogens (tertiary/aromatic N) is 3. The highest BCUT2D eigenvalue weighted by molar-refractivity contribution is 5.82. The quantitative estimate of drug-likeness (QED) is 0.857. The minimum atomic E-state index is -0.139. The molecule has 1 aromatic rings. The lowest BCUT2D eigenvalue weighted by Gasteiger charge is -2.44. The van der Waals surface area contributed by atoms with Crippen molar-refractivity contribution >= 4 is 5.91 Å².